The van der Waals surface area contributed by atoms with Crippen LogP contribution in [0.5, 0.6) is 0 Å². The van der Waals surface area contributed by atoms with Crippen LogP contribution in [0.2, 0.25) is 0 Å². The van der Waals surface area contributed by atoms with E-state index in [1.165, 1.54) is 24.3 Å². The summed E-state index contributed by atoms with van der Waals surface area (Å²) < 4.78 is 12.9. The zero-order valence-electron chi connectivity index (χ0n) is 14.1. The number of hydrogen-bond acceptors (Lipinski definition) is 2. The van der Waals surface area contributed by atoms with E-state index in [0.29, 0.717) is 16.8 Å². The van der Waals surface area contributed by atoms with Gasteiger partial charge < -0.3 is 10.6 Å². The molecule has 0 aliphatic heterocycles. The summed E-state index contributed by atoms with van der Waals surface area (Å²) >= 11 is 0. The van der Waals surface area contributed by atoms with Crippen LogP contribution in [-0.4, -0.2) is 11.8 Å². The van der Waals surface area contributed by atoms with Gasteiger partial charge in [-0.15, -0.1) is 0 Å². The van der Waals surface area contributed by atoms with Crippen molar-refractivity contribution in [1.82, 2.24) is 0 Å². The van der Waals surface area contributed by atoms with Gasteiger partial charge in [-0.1, -0.05) is 18.2 Å². The number of carbonyl (C=O) groups is 2. The lowest BCUT2D eigenvalue weighted by Gasteiger charge is -2.09. The molecule has 3 aromatic carbocycles. The second-order valence-electron chi connectivity index (χ2n) is 5.81. The van der Waals surface area contributed by atoms with Crippen LogP contribution in [0.3, 0.4) is 0 Å². The average Bonchev–Trinajstić information content (AvgIpc) is 2.64. The molecule has 0 unspecified atom stereocenters. The molecule has 0 fully saturated rings. The normalized spacial score (nSPS) is 10.2. The molecular formula is C21H17FN2O2. The summed E-state index contributed by atoms with van der Waals surface area (Å²) in [6.45, 7) is 1.92. The molecule has 5 heteroatoms. The Bertz CT molecular complexity index is 935. The fourth-order valence-electron chi connectivity index (χ4n) is 2.42. The Morgan fingerprint density at radius 2 is 1.27 bits per heavy atom. The fraction of sp³-hybridized carbons (Fsp3) is 0.0476. The van der Waals surface area contributed by atoms with Crippen molar-refractivity contribution in [2.75, 3.05) is 10.6 Å². The number of rotatable bonds is 4. The van der Waals surface area contributed by atoms with Crippen LogP contribution in [0.15, 0.2) is 72.8 Å². The number of para-hydroxylation sites is 1. The second kappa shape index (κ2) is 7.61. The Morgan fingerprint density at radius 3 is 1.88 bits per heavy atom. The predicted molar refractivity (Wildman–Crippen MR) is 99.9 cm³/mol. The van der Waals surface area contributed by atoms with Crippen molar-refractivity contribution in [3.63, 3.8) is 0 Å². The number of hydrogen-bond donors (Lipinski definition) is 2. The predicted octanol–water partition coefficient (Wildman–Crippen LogP) is 4.64. The van der Waals surface area contributed by atoms with Crippen molar-refractivity contribution >= 4 is 23.2 Å². The largest absolute Gasteiger partial charge is 0.322 e. The third-order valence-corrected chi connectivity index (χ3v) is 3.90. The van der Waals surface area contributed by atoms with E-state index in [-0.39, 0.29) is 11.8 Å². The average molecular weight is 348 g/mol. The highest BCUT2D eigenvalue weighted by molar-refractivity contribution is 6.06. The topological polar surface area (TPSA) is 58.2 Å². The van der Waals surface area contributed by atoms with E-state index in [4.69, 9.17) is 0 Å². The molecule has 3 rings (SSSR count). The van der Waals surface area contributed by atoms with Crippen molar-refractivity contribution in [3.05, 3.63) is 95.3 Å². The zero-order chi connectivity index (χ0) is 18.5. The number of nitrogens with one attached hydrogen (secondary N) is 2. The minimum atomic E-state index is -0.398. The molecule has 0 aliphatic carbocycles. The molecule has 0 saturated heterocycles. The van der Waals surface area contributed by atoms with E-state index in [1.807, 2.05) is 31.2 Å². The fourth-order valence-corrected chi connectivity index (χ4v) is 2.42. The minimum Gasteiger partial charge on any atom is -0.322 e. The maximum absolute atomic E-state index is 12.9. The molecule has 4 nitrogen and oxygen atoms in total. The summed E-state index contributed by atoms with van der Waals surface area (Å²) in [5.74, 6) is -0.969. The van der Waals surface area contributed by atoms with Crippen molar-refractivity contribution in [2.45, 2.75) is 6.92 Å². The number of halogens is 1. The number of anilines is 2. The van der Waals surface area contributed by atoms with Gasteiger partial charge in [0.2, 0.25) is 0 Å². The van der Waals surface area contributed by atoms with Crippen LogP contribution in [0.25, 0.3) is 0 Å². The maximum Gasteiger partial charge on any atom is 0.255 e. The molecule has 0 aromatic heterocycles. The van der Waals surface area contributed by atoms with E-state index < -0.39 is 5.82 Å². The highest BCUT2D eigenvalue weighted by Crippen LogP contribution is 2.16. The van der Waals surface area contributed by atoms with Crippen molar-refractivity contribution in [3.8, 4) is 0 Å². The monoisotopic (exact) mass is 348 g/mol. The second-order valence-corrected chi connectivity index (χ2v) is 5.81. The van der Waals surface area contributed by atoms with E-state index in [9.17, 15) is 14.0 Å². The van der Waals surface area contributed by atoms with Gasteiger partial charge in [-0.3, -0.25) is 9.59 Å². The molecule has 2 N–H and O–H groups in total. The molecule has 26 heavy (non-hydrogen) atoms. The molecule has 0 bridgehead atoms. The van der Waals surface area contributed by atoms with Crippen molar-refractivity contribution < 1.29 is 14.0 Å². The van der Waals surface area contributed by atoms with Crippen LogP contribution in [0, 0.1) is 12.7 Å². The number of aryl methyl sites for hydroxylation is 1. The summed E-state index contributed by atoms with van der Waals surface area (Å²) in [5.41, 5.74) is 3.11. The summed E-state index contributed by atoms with van der Waals surface area (Å²) in [7, 11) is 0. The van der Waals surface area contributed by atoms with Crippen LogP contribution < -0.4 is 10.6 Å². The zero-order valence-corrected chi connectivity index (χ0v) is 14.1. The third-order valence-electron chi connectivity index (χ3n) is 3.90. The molecule has 0 atom stereocenters. The van der Waals surface area contributed by atoms with Gasteiger partial charge in [0, 0.05) is 22.5 Å². The smallest absolute Gasteiger partial charge is 0.255 e. The third kappa shape index (κ3) is 4.13. The molecule has 0 radical (unpaired) electrons. The van der Waals surface area contributed by atoms with Gasteiger partial charge in [0.1, 0.15) is 5.82 Å². The maximum atomic E-state index is 12.9. The van der Waals surface area contributed by atoms with E-state index in [1.54, 1.807) is 24.3 Å². The van der Waals surface area contributed by atoms with Crippen LogP contribution >= 0.6 is 0 Å². The first-order valence-electron chi connectivity index (χ1n) is 8.07. The molecule has 2 amide bonds. The number of benzene rings is 3. The van der Waals surface area contributed by atoms with E-state index in [0.717, 1.165) is 11.3 Å². The molecule has 0 aliphatic rings. The van der Waals surface area contributed by atoms with E-state index in [2.05, 4.69) is 10.6 Å². The summed E-state index contributed by atoms with van der Waals surface area (Å²) in [4.78, 5) is 24.4. The van der Waals surface area contributed by atoms with Gasteiger partial charge in [-0.25, -0.2) is 4.39 Å². The Hall–Kier alpha value is -3.47. The number of carbonyl (C=O) groups excluding carboxylic acids is 2. The summed E-state index contributed by atoms with van der Waals surface area (Å²) in [5, 5.41) is 5.57. The lowest BCUT2D eigenvalue weighted by atomic mass is 10.1. The highest BCUT2D eigenvalue weighted by Gasteiger charge is 2.09. The minimum absolute atomic E-state index is 0.226. The van der Waals surface area contributed by atoms with Crippen molar-refractivity contribution in [1.29, 1.82) is 0 Å². The van der Waals surface area contributed by atoms with Crippen LogP contribution in [0.1, 0.15) is 26.3 Å². The molecule has 130 valence electrons. The SMILES string of the molecule is Cc1ccccc1NC(=O)c1ccc(NC(=O)c2ccc(F)cc2)cc1. The Morgan fingerprint density at radius 1 is 0.731 bits per heavy atom. The molecule has 3 aromatic rings. The summed E-state index contributed by atoms with van der Waals surface area (Å²) in [6.07, 6.45) is 0. The highest BCUT2D eigenvalue weighted by atomic mass is 19.1. The first-order valence-corrected chi connectivity index (χ1v) is 8.07. The van der Waals surface area contributed by atoms with Gasteiger partial charge in [0.25, 0.3) is 11.8 Å². The van der Waals surface area contributed by atoms with Gasteiger partial charge in [0.05, 0.1) is 0 Å². The molecule has 0 spiro atoms. The van der Waals surface area contributed by atoms with Gasteiger partial charge >= 0.3 is 0 Å². The Kier molecular flexibility index (Phi) is 5.08. The van der Waals surface area contributed by atoms with Gasteiger partial charge in [0.15, 0.2) is 0 Å². The molecule has 0 heterocycles. The molecule has 0 saturated carbocycles. The quantitative estimate of drug-likeness (QED) is 0.722. The molecular weight excluding hydrogens is 331 g/mol. The standard InChI is InChI=1S/C21H17FN2O2/c1-14-4-2-3-5-19(14)24-21(26)16-8-12-18(13-9-16)23-20(25)15-6-10-17(22)11-7-15/h2-13H,1H3,(H,23,25)(H,24,26). The van der Waals surface area contributed by atoms with Crippen LogP contribution in [0.4, 0.5) is 15.8 Å². The van der Waals surface area contributed by atoms with Gasteiger partial charge in [-0.05, 0) is 67.1 Å². The Balaban J connectivity index is 1.66. The summed E-state index contributed by atoms with van der Waals surface area (Å²) in [6, 6.07) is 19.4. The Labute approximate surface area is 150 Å². The van der Waals surface area contributed by atoms with Gasteiger partial charge in [-0.2, -0.15) is 0 Å². The van der Waals surface area contributed by atoms with Crippen LogP contribution in [-0.2, 0) is 0 Å². The first-order chi connectivity index (χ1) is 12.5. The van der Waals surface area contributed by atoms with E-state index >= 15 is 0 Å². The lowest BCUT2D eigenvalue weighted by molar-refractivity contribution is 0.102. The first kappa shape index (κ1) is 17.4. The number of amides is 2. The van der Waals surface area contributed by atoms with Crippen molar-refractivity contribution in [2.24, 2.45) is 0 Å². The lowest BCUT2D eigenvalue weighted by Crippen LogP contribution is -2.14.